The number of benzene rings is 3. The number of hydrazone groups is 1. The highest BCUT2D eigenvalue weighted by Crippen LogP contribution is 2.34. The fraction of sp³-hybridized carbons (Fsp3) is 0.226. The van der Waals surface area contributed by atoms with E-state index in [1.54, 1.807) is 50.2 Å². The van der Waals surface area contributed by atoms with Crippen LogP contribution in [0.4, 0.5) is 4.79 Å². The van der Waals surface area contributed by atoms with Gasteiger partial charge in [-0.1, -0.05) is 41.9 Å². The largest absolute Gasteiger partial charge is 0.493 e. The van der Waals surface area contributed by atoms with Gasteiger partial charge in [-0.3, -0.25) is 4.79 Å². The lowest BCUT2D eigenvalue weighted by atomic mass is 9.95. The molecule has 1 aliphatic heterocycles. The van der Waals surface area contributed by atoms with Crippen LogP contribution in [0.3, 0.4) is 0 Å². The third-order valence-electron chi connectivity index (χ3n) is 6.24. The Balaban J connectivity index is 1.37. The Bertz CT molecular complexity index is 1560. The van der Waals surface area contributed by atoms with Gasteiger partial charge in [-0.15, -0.1) is 0 Å². The molecule has 3 aromatic rings. The van der Waals surface area contributed by atoms with E-state index in [-0.39, 0.29) is 24.5 Å². The molecular weight excluding hydrogens is 576 g/mol. The van der Waals surface area contributed by atoms with Crippen LogP contribution in [0.25, 0.3) is 0 Å². The van der Waals surface area contributed by atoms with Gasteiger partial charge in [0.1, 0.15) is 12.4 Å². The van der Waals surface area contributed by atoms with Crippen molar-refractivity contribution in [2.45, 2.75) is 26.5 Å². The molecule has 0 radical (unpaired) electrons. The average Bonchev–Trinajstić information content (AvgIpc) is 2.99. The highest BCUT2D eigenvalue weighted by atomic mass is 35.5. The van der Waals surface area contributed by atoms with Crippen LogP contribution in [0.15, 0.2) is 83.1 Å². The molecule has 1 heterocycles. The van der Waals surface area contributed by atoms with Gasteiger partial charge < -0.3 is 29.6 Å². The Morgan fingerprint density at radius 2 is 1.84 bits per heavy atom. The first kappa shape index (κ1) is 30.9. The number of esters is 1. The van der Waals surface area contributed by atoms with Gasteiger partial charge in [0.05, 0.1) is 31.5 Å². The monoisotopic (exact) mass is 606 g/mol. The lowest BCUT2D eigenvalue weighted by Crippen LogP contribution is -2.45. The second-order valence-electron chi connectivity index (χ2n) is 9.24. The van der Waals surface area contributed by atoms with Crippen molar-refractivity contribution < 1.29 is 33.3 Å². The number of allylic oxidation sites excluding steroid dienone is 1. The molecular formula is C31H31ClN4O7. The summed E-state index contributed by atoms with van der Waals surface area (Å²) in [5.74, 6) is 0.109. The fourth-order valence-corrected chi connectivity index (χ4v) is 4.47. The van der Waals surface area contributed by atoms with Crippen molar-refractivity contribution in [1.29, 1.82) is 0 Å². The van der Waals surface area contributed by atoms with Gasteiger partial charge in [-0.2, -0.15) is 5.10 Å². The zero-order valence-corrected chi connectivity index (χ0v) is 24.6. The summed E-state index contributed by atoms with van der Waals surface area (Å²) < 4.78 is 22.2. The molecule has 11 nitrogen and oxygen atoms in total. The van der Waals surface area contributed by atoms with Crippen molar-refractivity contribution in [1.82, 2.24) is 16.1 Å². The Morgan fingerprint density at radius 1 is 1.02 bits per heavy atom. The summed E-state index contributed by atoms with van der Waals surface area (Å²) in [5.41, 5.74) is 5.23. The predicted octanol–water partition coefficient (Wildman–Crippen LogP) is 4.65. The van der Waals surface area contributed by atoms with Gasteiger partial charge in [-0.05, 0) is 61.4 Å². The van der Waals surface area contributed by atoms with Gasteiger partial charge >= 0.3 is 12.0 Å². The van der Waals surface area contributed by atoms with Crippen LogP contribution < -0.4 is 30.3 Å². The number of methoxy groups -OCH3 is 1. The number of ether oxygens (including phenoxy) is 4. The van der Waals surface area contributed by atoms with Crippen LogP contribution in [0, 0.1) is 0 Å². The minimum atomic E-state index is -0.772. The maximum atomic E-state index is 12.6. The maximum Gasteiger partial charge on any atom is 0.338 e. The molecule has 0 aromatic heterocycles. The van der Waals surface area contributed by atoms with Crippen LogP contribution in [-0.2, 0) is 20.9 Å². The first-order valence-electron chi connectivity index (χ1n) is 13.3. The van der Waals surface area contributed by atoms with Crippen LogP contribution in [0.2, 0.25) is 5.02 Å². The number of carbonyl (C=O) groups is 3. The molecule has 1 atom stereocenters. The van der Waals surface area contributed by atoms with Gasteiger partial charge in [0.2, 0.25) is 0 Å². The van der Waals surface area contributed by atoms with Gasteiger partial charge in [-0.25, -0.2) is 15.0 Å². The number of rotatable bonds is 12. The summed E-state index contributed by atoms with van der Waals surface area (Å²) in [5, 5.41) is 9.97. The van der Waals surface area contributed by atoms with Crippen molar-refractivity contribution in [3.05, 3.63) is 99.7 Å². The highest BCUT2D eigenvalue weighted by Gasteiger charge is 2.32. The summed E-state index contributed by atoms with van der Waals surface area (Å²) in [6, 6.07) is 18.3. The minimum Gasteiger partial charge on any atom is -0.493 e. The van der Waals surface area contributed by atoms with E-state index in [0.29, 0.717) is 40.0 Å². The molecule has 0 fully saturated rings. The summed E-state index contributed by atoms with van der Waals surface area (Å²) in [7, 11) is 1.44. The van der Waals surface area contributed by atoms with E-state index in [4.69, 9.17) is 30.5 Å². The number of halogens is 1. The molecule has 1 aliphatic rings. The molecule has 43 heavy (non-hydrogen) atoms. The summed E-state index contributed by atoms with van der Waals surface area (Å²) in [4.78, 5) is 37.2. The zero-order chi connectivity index (χ0) is 30.8. The summed E-state index contributed by atoms with van der Waals surface area (Å²) >= 11 is 6.04. The fourth-order valence-electron chi connectivity index (χ4n) is 4.26. The van der Waals surface area contributed by atoms with E-state index in [9.17, 15) is 14.4 Å². The summed E-state index contributed by atoms with van der Waals surface area (Å²) in [6.45, 7) is 3.47. The molecule has 0 bridgehead atoms. The number of urea groups is 1. The SMILES string of the molecule is CCOC(=O)C1=C(C)NC(=O)N[C@H]1c1ccc(OCC(=O)N/N=C/c2ccccc2OCc2cccc(Cl)c2)c(OC)c1. The number of para-hydroxylation sites is 1. The first-order valence-corrected chi connectivity index (χ1v) is 13.7. The number of hydrogen-bond donors (Lipinski definition) is 3. The molecule has 4 rings (SSSR count). The van der Waals surface area contributed by atoms with Crippen molar-refractivity contribution >= 4 is 35.7 Å². The topological polar surface area (TPSA) is 137 Å². The molecule has 3 aromatic carbocycles. The van der Waals surface area contributed by atoms with Crippen LogP contribution >= 0.6 is 11.6 Å². The van der Waals surface area contributed by atoms with Crippen molar-refractivity contribution in [2.24, 2.45) is 5.10 Å². The lowest BCUT2D eigenvalue weighted by molar-refractivity contribution is -0.139. The van der Waals surface area contributed by atoms with Crippen LogP contribution in [0.5, 0.6) is 17.2 Å². The zero-order valence-electron chi connectivity index (χ0n) is 23.8. The quantitative estimate of drug-likeness (QED) is 0.155. The Morgan fingerprint density at radius 3 is 2.60 bits per heavy atom. The standard InChI is InChI=1S/C31H31ClN4O7/c1-4-41-30(38)28-19(2)34-31(39)35-29(28)21-12-13-25(26(15-21)40-3)43-18-27(37)36-33-16-22-9-5-6-11-24(22)42-17-20-8-7-10-23(32)14-20/h5-16,29H,4,17-18H2,1-3H3,(H,36,37)(H2,34,35,39)/b33-16+/t29-/m0/s1. The van der Waals surface area contributed by atoms with E-state index >= 15 is 0 Å². The van der Waals surface area contributed by atoms with E-state index in [1.807, 2.05) is 30.3 Å². The van der Waals surface area contributed by atoms with Gasteiger partial charge in [0, 0.05) is 16.3 Å². The third-order valence-corrected chi connectivity index (χ3v) is 6.47. The molecule has 3 amide bonds. The highest BCUT2D eigenvalue weighted by molar-refractivity contribution is 6.30. The number of nitrogens with one attached hydrogen (secondary N) is 3. The Hall–Kier alpha value is -5.03. The van der Waals surface area contributed by atoms with E-state index in [1.165, 1.54) is 13.3 Å². The van der Waals surface area contributed by atoms with Gasteiger partial charge in [0.15, 0.2) is 18.1 Å². The van der Waals surface area contributed by atoms with E-state index in [0.717, 1.165) is 5.56 Å². The molecule has 0 aliphatic carbocycles. The molecule has 0 spiro atoms. The van der Waals surface area contributed by atoms with Gasteiger partial charge in [0.25, 0.3) is 5.91 Å². The number of nitrogens with zero attached hydrogens (tertiary/aromatic N) is 1. The maximum absolute atomic E-state index is 12.6. The summed E-state index contributed by atoms with van der Waals surface area (Å²) in [6.07, 6.45) is 1.48. The predicted molar refractivity (Wildman–Crippen MR) is 160 cm³/mol. The normalized spacial score (nSPS) is 14.5. The van der Waals surface area contributed by atoms with E-state index in [2.05, 4.69) is 21.2 Å². The minimum absolute atomic E-state index is 0.183. The first-order chi connectivity index (χ1) is 20.8. The second-order valence-corrected chi connectivity index (χ2v) is 9.68. The van der Waals surface area contributed by atoms with Crippen LogP contribution in [-0.4, -0.2) is 44.4 Å². The average molecular weight is 607 g/mol. The third kappa shape index (κ3) is 8.26. The molecule has 3 N–H and O–H groups in total. The Labute approximate surface area is 253 Å². The van der Waals surface area contributed by atoms with Crippen molar-refractivity contribution in [2.75, 3.05) is 20.3 Å². The number of carbonyl (C=O) groups excluding carboxylic acids is 3. The lowest BCUT2D eigenvalue weighted by Gasteiger charge is -2.28. The smallest absolute Gasteiger partial charge is 0.338 e. The molecule has 0 saturated heterocycles. The molecule has 224 valence electrons. The number of hydrogen-bond acceptors (Lipinski definition) is 8. The second kappa shape index (κ2) is 14.7. The molecule has 0 unspecified atom stereocenters. The molecule has 12 heteroatoms. The number of amides is 3. The van der Waals surface area contributed by atoms with Crippen molar-refractivity contribution in [3.8, 4) is 17.2 Å². The van der Waals surface area contributed by atoms with Crippen LogP contribution in [0.1, 0.15) is 36.6 Å². The van der Waals surface area contributed by atoms with Crippen molar-refractivity contribution in [3.63, 3.8) is 0 Å². The van der Waals surface area contributed by atoms with E-state index < -0.39 is 23.9 Å². The Kier molecular flexibility index (Phi) is 10.6. The molecule has 0 saturated carbocycles.